The zero-order valence-corrected chi connectivity index (χ0v) is 9.89. The van der Waals surface area contributed by atoms with Crippen LogP contribution in [0.25, 0.3) is 0 Å². The number of benzene rings is 1. The lowest BCUT2D eigenvalue weighted by Crippen LogP contribution is -2.15. The number of rotatable bonds is 1. The Balaban J connectivity index is 3.28. The molecule has 0 fully saturated rings. The first kappa shape index (κ1) is 11.1. The van der Waals surface area contributed by atoms with E-state index in [9.17, 15) is 0 Å². The molecule has 78 valence electrons. The van der Waals surface area contributed by atoms with Gasteiger partial charge >= 0.3 is 0 Å². The molecule has 0 unspecified atom stereocenters. The molecule has 1 aromatic carbocycles. The monoisotopic (exact) mass is 191 g/mol. The van der Waals surface area contributed by atoms with E-state index in [1.54, 1.807) is 0 Å². The zero-order valence-electron chi connectivity index (χ0n) is 9.89. The largest absolute Gasteiger partial charge is 0.398 e. The topological polar surface area (TPSA) is 26.0 Å². The van der Waals surface area contributed by atoms with Crippen molar-refractivity contribution in [3.63, 3.8) is 0 Å². The number of para-hydroxylation sites is 1. The Bertz CT molecular complexity index is 318. The fraction of sp³-hybridized carbons (Fsp3) is 0.538. The highest BCUT2D eigenvalue weighted by Crippen LogP contribution is 2.32. The summed E-state index contributed by atoms with van der Waals surface area (Å²) in [7, 11) is 0. The fourth-order valence-electron chi connectivity index (χ4n) is 1.74. The third kappa shape index (κ3) is 2.09. The summed E-state index contributed by atoms with van der Waals surface area (Å²) < 4.78 is 0. The fourth-order valence-corrected chi connectivity index (χ4v) is 1.74. The number of anilines is 1. The Morgan fingerprint density at radius 1 is 1.14 bits per heavy atom. The smallest absolute Gasteiger partial charge is 0.0387 e. The Hall–Kier alpha value is -0.980. The maximum absolute atomic E-state index is 6.17. The minimum atomic E-state index is 0.134. The van der Waals surface area contributed by atoms with Crippen LogP contribution in [0.15, 0.2) is 18.2 Å². The van der Waals surface area contributed by atoms with E-state index in [2.05, 4.69) is 52.8 Å². The molecule has 0 saturated carbocycles. The van der Waals surface area contributed by atoms with Crippen molar-refractivity contribution in [3.8, 4) is 0 Å². The van der Waals surface area contributed by atoms with Crippen LogP contribution in [0.5, 0.6) is 0 Å². The van der Waals surface area contributed by atoms with Gasteiger partial charge in [0.25, 0.3) is 0 Å². The van der Waals surface area contributed by atoms with Gasteiger partial charge in [-0.3, -0.25) is 0 Å². The van der Waals surface area contributed by atoms with E-state index >= 15 is 0 Å². The number of hydrogen-bond donors (Lipinski definition) is 1. The molecule has 14 heavy (non-hydrogen) atoms. The van der Waals surface area contributed by atoms with Crippen LogP contribution in [-0.2, 0) is 5.41 Å². The molecule has 1 nitrogen and oxygen atoms in total. The number of hydrogen-bond acceptors (Lipinski definition) is 1. The van der Waals surface area contributed by atoms with Crippen molar-refractivity contribution in [1.29, 1.82) is 0 Å². The molecule has 0 aliphatic heterocycles. The standard InChI is InChI=1S/C13H21N/c1-9(2)10-7-6-8-11(12(10)14)13(3,4)5/h6-9H,14H2,1-5H3. The molecule has 0 saturated heterocycles. The molecule has 1 heteroatoms. The third-order valence-electron chi connectivity index (χ3n) is 2.57. The van der Waals surface area contributed by atoms with Gasteiger partial charge in [0.05, 0.1) is 0 Å². The van der Waals surface area contributed by atoms with Gasteiger partial charge in [-0.05, 0) is 22.5 Å². The first-order valence-electron chi connectivity index (χ1n) is 5.23. The van der Waals surface area contributed by atoms with E-state index in [4.69, 9.17) is 5.73 Å². The first-order chi connectivity index (χ1) is 6.34. The van der Waals surface area contributed by atoms with Crippen LogP contribution >= 0.6 is 0 Å². The van der Waals surface area contributed by atoms with Gasteiger partial charge in [-0.15, -0.1) is 0 Å². The van der Waals surface area contributed by atoms with Crippen LogP contribution in [0.1, 0.15) is 51.7 Å². The van der Waals surface area contributed by atoms with Crippen LogP contribution in [0, 0.1) is 0 Å². The Kier molecular flexibility index (Phi) is 2.89. The highest BCUT2D eigenvalue weighted by atomic mass is 14.6. The predicted octanol–water partition coefficient (Wildman–Crippen LogP) is 3.69. The van der Waals surface area contributed by atoms with Gasteiger partial charge in [0.15, 0.2) is 0 Å². The second-order valence-electron chi connectivity index (χ2n) is 5.21. The minimum Gasteiger partial charge on any atom is -0.398 e. The normalized spacial score (nSPS) is 12.1. The molecule has 0 aliphatic rings. The van der Waals surface area contributed by atoms with E-state index < -0.39 is 0 Å². The van der Waals surface area contributed by atoms with Gasteiger partial charge < -0.3 is 5.73 Å². The molecule has 0 heterocycles. The maximum Gasteiger partial charge on any atom is 0.0387 e. The van der Waals surface area contributed by atoms with Gasteiger partial charge in [-0.1, -0.05) is 52.8 Å². The second kappa shape index (κ2) is 3.64. The molecule has 0 spiro atoms. The van der Waals surface area contributed by atoms with Crippen molar-refractivity contribution in [2.45, 2.75) is 46.0 Å². The molecule has 1 rings (SSSR count). The average Bonchev–Trinajstić information content (AvgIpc) is 2.01. The van der Waals surface area contributed by atoms with Gasteiger partial charge in [0.2, 0.25) is 0 Å². The molecule has 0 bridgehead atoms. The predicted molar refractivity (Wildman–Crippen MR) is 63.6 cm³/mol. The summed E-state index contributed by atoms with van der Waals surface area (Å²) in [6.07, 6.45) is 0. The van der Waals surface area contributed by atoms with Crippen molar-refractivity contribution in [2.75, 3.05) is 5.73 Å². The molecular weight excluding hydrogens is 170 g/mol. The van der Waals surface area contributed by atoms with Crippen molar-refractivity contribution in [1.82, 2.24) is 0 Å². The summed E-state index contributed by atoms with van der Waals surface area (Å²) >= 11 is 0. The SMILES string of the molecule is CC(C)c1cccc(C(C)(C)C)c1N. The van der Waals surface area contributed by atoms with Crippen molar-refractivity contribution in [3.05, 3.63) is 29.3 Å². The quantitative estimate of drug-likeness (QED) is 0.673. The molecular formula is C13H21N. The van der Waals surface area contributed by atoms with Crippen molar-refractivity contribution in [2.24, 2.45) is 0 Å². The van der Waals surface area contributed by atoms with E-state index in [0.29, 0.717) is 5.92 Å². The molecule has 0 radical (unpaired) electrons. The van der Waals surface area contributed by atoms with Gasteiger partial charge in [0.1, 0.15) is 0 Å². The van der Waals surface area contributed by atoms with Crippen LogP contribution in [-0.4, -0.2) is 0 Å². The van der Waals surface area contributed by atoms with Crippen LogP contribution in [0.4, 0.5) is 5.69 Å². The van der Waals surface area contributed by atoms with Crippen molar-refractivity contribution < 1.29 is 0 Å². The summed E-state index contributed by atoms with van der Waals surface area (Å²) in [6, 6.07) is 6.35. The zero-order chi connectivity index (χ0) is 10.9. The number of nitrogen functional groups attached to an aromatic ring is 1. The second-order valence-corrected chi connectivity index (χ2v) is 5.21. The summed E-state index contributed by atoms with van der Waals surface area (Å²) in [5, 5.41) is 0. The molecule has 1 aromatic rings. The lowest BCUT2D eigenvalue weighted by atomic mass is 9.83. The Morgan fingerprint density at radius 2 is 1.71 bits per heavy atom. The van der Waals surface area contributed by atoms with Crippen LogP contribution in [0.3, 0.4) is 0 Å². The highest BCUT2D eigenvalue weighted by Gasteiger charge is 2.18. The third-order valence-corrected chi connectivity index (χ3v) is 2.57. The molecule has 2 N–H and O–H groups in total. The average molecular weight is 191 g/mol. The van der Waals surface area contributed by atoms with E-state index in [0.717, 1.165) is 5.69 Å². The van der Waals surface area contributed by atoms with E-state index in [-0.39, 0.29) is 5.41 Å². The Labute approximate surface area is 87.3 Å². The lowest BCUT2D eigenvalue weighted by Gasteiger charge is -2.23. The van der Waals surface area contributed by atoms with E-state index in [1.165, 1.54) is 11.1 Å². The van der Waals surface area contributed by atoms with Crippen LogP contribution < -0.4 is 5.73 Å². The maximum atomic E-state index is 6.17. The van der Waals surface area contributed by atoms with Gasteiger partial charge in [0, 0.05) is 5.69 Å². The highest BCUT2D eigenvalue weighted by molar-refractivity contribution is 5.57. The van der Waals surface area contributed by atoms with E-state index in [1.807, 2.05) is 0 Å². The van der Waals surface area contributed by atoms with Gasteiger partial charge in [-0.25, -0.2) is 0 Å². The van der Waals surface area contributed by atoms with Crippen molar-refractivity contribution >= 4 is 5.69 Å². The summed E-state index contributed by atoms with van der Waals surface area (Å²) in [4.78, 5) is 0. The molecule has 0 amide bonds. The molecule has 0 aliphatic carbocycles. The molecule has 0 atom stereocenters. The number of nitrogens with two attached hydrogens (primary N) is 1. The van der Waals surface area contributed by atoms with Crippen LogP contribution in [0.2, 0.25) is 0 Å². The minimum absolute atomic E-state index is 0.134. The van der Waals surface area contributed by atoms with Gasteiger partial charge in [-0.2, -0.15) is 0 Å². The lowest BCUT2D eigenvalue weighted by molar-refractivity contribution is 0.591. The summed E-state index contributed by atoms with van der Waals surface area (Å²) in [5.41, 5.74) is 9.79. The summed E-state index contributed by atoms with van der Waals surface area (Å²) in [5.74, 6) is 0.497. The first-order valence-corrected chi connectivity index (χ1v) is 5.23. The Morgan fingerprint density at radius 3 is 2.14 bits per heavy atom. The summed E-state index contributed by atoms with van der Waals surface area (Å²) in [6.45, 7) is 10.9. The molecule has 0 aromatic heterocycles.